The van der Waals surface area contributed by atoms with Crippen molar-refractivity contribution < 1.29 is 9.47 Å². The summed E-state index contributed by atoms with van der Waals surface area (Å²) in [5, 5.41) is 2.96. The second-order valence-corrected chi connectivity index (χ2v) is 4.73. The predicted molar refractivity (Wildman–Crippen MR) is 60.3 cm³/mol. The Labute approximate surface area is 98.4 Å². The third-order valence-electron chi connectivity index (χ3n) is 2.29. The van der Waals surface area contributed by atoms with Gasteiger partial charge in [0.2, 0.25) is 0 Å². The standard InChI is InChI=1S/C10H14ClNO2S/c11-4-8-7-15-10(12-8)6-13-5-9-2-1-3-14-9/h7,9H,1-6H2. The molecule has 0 saturated carbocycles. The van der Waals surface area contributed by atoms with Crippen LogP contribution in [0.25, 0.3) is 0 Å². The van der Waals surface area contributed by atoms with Crippen LogP contribution >= 0.6 is 22.9 Å². The Hall–Kier alpha value is -0.160. The molecule has 1 fully saturated rings. The molecule has 2 heterocycles. The van der Waals surface area contributed by atoms with E-state index in [4.69, 9.17) is 21.1 Å². The van der Waals surface area contributed by atoms with Crippen LogP contribution in [0, 0.1) is 0 Å². The number of alkyl halides is 1. The van der Waals surface area contributed by atoms with E-state index < -0.39 is 0 Å². The summed E-state index contributed by atoms with van der Waals surface area (Å²) in [6.45, 7) is 2.12. The lowest BCUT2D eigenvalue weighted by Gasteiger charge is -2.08. The Bertz CT molecular complexity index is 299. The first-order valence-corrected chi connectivity index (χ1v) is 6.48. The molecule has 1 unspecified atom stereocenters. The van der Waals surface area contributed by atoms with E-state index in [2.05, 4.69) is 4.98 Å². The summed E-state index contributed by atoms with van der Waals surface area (Å²) in [4.78, 5) is 4.31. The van der Waals surface area contributed by atoms with Crippen molar-refractivity contribution in [2.75, 3.05) is 13.2 Å². The Morgan fingerprint density at radius 1 is 1.67 bits per heavy atom. The van der Waals surface area contributed by atoms with Gasteiger partial charge in [0.1, 0.15) is 5.01 Å². The fourth-order valence-electron chi connectivity index (χ4n) is 1.53. The number of thiazole rings is 1. The Morgan fingerprint density at radius 2 is 2.60 bits per heavy atom. The van der Waals surface area contributed by atoms with E-state index in [1.165, 1.54) is 0 Å². The zero-order valence-electron chi connectivity index (χ0n) is 8.45. The van der Waals surface area contributed by atoms with Crippen LogP contribution in [-0.4, -0.2) is 24.3 Å². The van der Waals surface area contributed by atoms with Crippen molar-refractivity contribution in [3.63, 3.8) is 0 Å². The van der Waals surface area contributed by atoms with Gasteiger partial charge in [-0.25, -0.2) is 4.98 Å². The molecule has 15 heavy (non-hydrogen) atoms. The van der Waals surface area contributed by atoms with Gasteiger partial charge in [0.15, 0.2) is 0 Å². The van der Waals surface area contributed by atoms with E-state index >= 15 is 0 Å². The van der Waals surface area contributed by atoms with E-state index in [0.717, 1.165) is 30.2 Å². The van der Waals surface area contributed by atoms with Gasteiger partial charge in [-0.2, -0.15) is 0 Å². The first-order valence-electron chi connectivity index (χ1n) is 5.07. The molecule has 0 spiro atoms. The van der Waals surface area contributed by atoms with E-state index in [-0.39, 0.29) is 6.10 Å². The van der Waals surface area contributed by atoms with Crippen molar-refractivity contribution in [3.05, 3.63) is 16.1 Å². The summed E-state index contributed by atoms with van der Waals surface area (Å²) in [5.41, 5.74) is 0.928. The number of hydrogen-bond donors (Lipinski definition) is 0. The highest BCUT2D eigenvalue weighted by Gasteiger charge is 2.15. The maximum atomic E-state index is 5.66. The van der Waals surface area contributed by atoms with Crippen LogP contribution in [-0.2, 0) is 22.0 Å². The lowest BCUT2D eigenvalue weighted by molar-refractivity contribution is 0.0105. The lowest BCUT2D eigenvalue weighted by atomic mass is 10.2. The highest BCUT2D eigenvalue weighted by Crippen LogP contribution is 2.15. The monoisotopic (exact) mass is 247 g/mol. The number of nitrogens with zero attached hydrogens (tertiary/aromatic N) is 1. The summed E-state index contributed by atoms with van der Waals surface area (Å²) in [5.74, 6) is 0.474. The van der Waals surface area contributed by atoms with Gasteiger partial charge in [-0.05, 0) is 12.8 Å². The molecule has 1 atom stereocenters. The molecular formula is C10H14ClNO2S. The smallest absolute Gasteiger partial charge is 0.119 e. The number of halogens is 1. The largest absolute Gasteiger partial charge is 0.376 e. The fourth-order valence-corrected chi connectivity index (χ4v) is 2.49. The Kier molecular flexibility index (Phi) is 4.38. The van der Waals surface area contributed by atoms with Crippen molar-refractivity contribution in [1.82, 2.24) is 4.98 Å². The maximum Gasteiger partial charge on any atom is 0.119 e. The fraction of sp³-hybridized carbons (Fsp3) is 0.700. The molecule has 0 aromatic carbocycles. The van der Waals surface area contributed by atoms with E-state index in [0.29, 0.717) is 19.1 Å². The third-order valence-corrected chi connectivity index (χ3v) is 3.43. The molecule has 0 bridgehead atoms. The van der Waals surface area contributed by atoms with Crippen LogP contribution < -0.4 is 0 Å². The maximum absolute atomic E-state index is 5.66. The minimum absolute atomic E-state index is 0.289. The van der Waals surface area contributed by atoms with E-state index in [1.54, 1.807) is 11.3 Å². The molecule has 1 aromatic rings. The first-order chi connectivity index (χ1) is 7.38. The average molecular weight is 248 g/mol. The summed E-state index contributed by atoms with van der Waals surface area (Å²) in [6.07, 6.45) is 2.56. The predicted octanol–water partition coefficient (Wildman–Crippen LogP) is 2.58. The Morgan fingerprint density at radius 3 is 3.27 bits per heavy atom. The van der Waals surface area contributed by atoms with E-state index in [9.17, 15) is 0 Å². The number of hydrogen-bond acceptors (Lipinski definition) is 4. The van der Waals surface area contributed by atoms with Crippen molar-refractivity contribution in [2.45, 2.75) is 31.4 Å². The summed E-state index contributed by atoms with van der Waals surface area (Å²) >= 11 is 7.26. The molecule has 0 N–H and O–H groups in total. The van der Waals surface area contributed by atoms with Gasteiger partial charge in [-0.15, -0.1) is 22.9 Å². The molecule has 0 aliphatic carbocycles. The van der Waals surface area contributed by atoms with Crippen LogP contribution in [0.15, 0.2) is 5.38 Å². The number of ether oxygens (including phenoxy) is 2. The molecule has 5 heteroatoms. The SMILES string of the molecule is ClCc1csc(COCC2CCCO2)n1. The van der Waals surface area contributed by atoms with Crippen LogP contribution in [0.3, 0.4) is 0 Å². The van der Waals surface area contributed by atoms with Gasteiger partial charge in [0, 0.05) is 12.0 Å². The highest BCUT2D eigenvalue weighted by molar-refractivity contribution is 7.09. The average Bonchev–Trinajstić information content (AvgIpc) is 2.88. The van der Waals surface area contributed by atoms with Gasteiger partial charge in [-0.1, -0.05) is 0 Å². The van der Waals surface area contributed by atoms with Crippen molar-refractivity contribution >= 4 is 22.9 Å². The number of aromatic nitrogens is 1. The van der Waals surface area contributed by atoms with Crippen LogP contribution in [0.4, 0.5) is 0 Å². The highest BCUT2D eigenvalue weighted by atomic mass is 35.5. The van der Waals surface area contributed by atoms with E-state index in [1.807, 2.05) is 5.38 Å². The third kappa shape index (κ3) is 3.41. The van der Waals surface area contributed by atoms with Crippen LogP contribution in [0.1, 0.15) is 23.5 Å². The van der Waals surface area contributed by atoms with Crippen LogP contribution in [0.2, 0.25) is 0 Å². The second kappa shape index (κ2) is 5.80. The molecule has 0 amide bonds. The van der Waals surface area contributed by atoms with Crippen molar-refractivity contribution in [3.8, 4) is 0 Å². The summed E-state index contributed by atoms with van der Waals surface area (Å²) in [6, 6.07) is 0. The molecular weight excluding hydrogens is 234 g/mol. The molecule has 1 aliphatic rings. The molecule has 3 nitrogen and oxygen atoms in total. The van der Waals surface area contributed by atoms with Gasteiger partial charge in [0.25, 0.3) is 0 Å². The zero-order valence-corrected chi connectivity index (χ0v) is 10.0. The van der Waals surface area contributed by atoms with Crippen LogP contribution in [0.5, 0.6) is 0 Å². The molecule has 1 aromatic heterocycles. The topological polar surface area (TPSA) is 31.4 Å². The molecule has 1 aliphatic heterocycles. The minimum atomic E-state index is 0.289. The minimum Gasteiger partial charge on any atom is -0.376 e. The summed E-state index contributed by atoms with van der Waals surface area (Å²) in [7, 11) is 0. The van der Waals surface area contributed by atoms with Gasteiger partial charge in [-0.3, -0.25) is 0 Å². The van der Waals surface area contributed by atoms with Crippen molar-refractivity contribution in [1.29, 1.82) is 0 Å². The molecule has 1 saturated heterocycles. The van der Waals surface area contributed by atoms with Gasteiger partial charge < -0.3 is 9.47 Å². The quantitative estimate of drug-likeness (QED) is 0.750. The zero-order chi connectivity index (χ0) is 10.5. The molecule has 2 rings (SSSR count). The normalized spacial score (nSPS) is 21.0. The Balaban J connectivity index is 1.68. The number of rotatable bonds is 5. The van der Waals surface area contributed by atoms with Gasteiger partial charge in [0.05, 0.1) is 30.9 Å². The second-order valence-electron chi connectivity index (χ2n) is 3.52. The van der Waals surface area contributed by atoms with Crippen molar-refractivity contribution in [2.24, 2.45) is 0 Å². The summed E-state index contributed by atoms with van der Waals surface area (Å²) < 4.78 is 11.0. The molecule has 84 valence electrons. The first kappa shape index (κ1) is 11.3. The van der Waals surface area contributed by atoms with Gasteiger partial charge >= 0.3 is 0 Å². The molecule has 0 radical (unpaired) electrons. The lowest BCUT2D eigenvalue weighted by Crippen LogP contribution is -2.13.